The van der Waals surface area contributed by atoms with E-state index in [1.165, 1.54) is 25.7 Å². The monoisotopic (exact) mass is 208 g/mol. The molecule has 0 N–H and O–H groups in total. The number of carbonyl (C=O) groups is 1. The van der Waals surface area contributed by atoms with Gasteiger partial charge in [-0.25, -0.2) is 0 Å². The topological polar surface area (TPSA) is 30.2 Å². The summed E-state index contributed by atoms with van der Waals surface area (Å²) in [4.78, 5) is 11.5. The molecule has 15 heavy (non-hydrogen) atoms. The highest BCUT2D eigenvalue weighted by molar-refractivity contribution is 5.93. The van der Waals surface area contributed by atoms with E-state index in [4.69, 9.17) is 4.42 Å². The lowest BCUT2D eigenvalue weighted by atomic mass is 10.1. The Hall–Kier alpha value is -1.05. The number of hydrogen-bond donors (Lipinski definition) is 0. The number of hydrogen-bond acceptors (Lipinski definition) is 2. The Balaban J connectivity index is 2.03. The molecule has 0 atom stereocenters. The standard InChI is InChI=1S/C13H20O2/c1-2-3-4-5-6-7-9-12(14)13-10-8-11-15-13/h8,10-11H,2-7,9H2,1H3. The van der Waals surface area contributed by atoms with Gasteiger partial charge in [-0.3, -0.25) is 4.79 Å². The van der Waals surface area contributed by atoms with E-state index in [-0.39, 0.29) is 5.78 Å². The molecule has 1 aromatic rings. The summed E-state index contributed by atoms with van der Waals surface area (Å²) in [7, 11) is 0. The lowest BCUT2D eigenvalue weighted by Crippen LogP contribution is -1.96. The van der Waals surface area contributed by atoms with Gasteiger partial charge < -0.3 is 4.42 Å². The molecule has 0 aromatic carbocycles. The summed E-state index contributed by atoms with van der Waals surface area (Å²) in [6, 6.07) is 3.49. The maximum absolute atomic E-state index is 11.5. The first kappa shape index (κ1) is 12.0. The minimum atomic E-state index is 0.135. The fourth-order valence-corrected chi connectivity index (χ4v) is 1.63. The quantitative estimate of drug-likeness (QED) is 0.473. The van der Waals surface area contributed by atoms with Crippen molar-refractivity contribution in [2.24, 2.45) is 0 Å². The number of furan rings is 1. The molecule has 0 amide bonds. The molecule has 0 aliphatic rings. The second-order valence-electron chi connectivity index (χ2n) is 3.92. The summed E-state index contributed by atoms with van der Waals surface area (Å²) in [5, 5.41) is 0. The van der Waals surface area contributed by atoms with Crippen LogP contribution >= 0.6 is 0 Å². The van der Waals surface area contributed by atoms with Crippen molar-refractivity contribution < 1.29 is 9.21 Å². The Morgan fingerprint density at radius 1 is 1.20 bits per heavy atom. The Kier molecular flexibility index (Phi) is 5.83. The van der Waals surface area contributed by atoms with E-state index in [2.05, 4.69) is 6.92 Å². The first-order chi connectivity index (χ1) is 7.34. The SMILES string of the molecule is CCCCCCCCC(=O)c1ccco1. The van der Waals surface area contributed by atoms with Crippen LogP contribution in [0, 0.1) is 0 Å². The maximum atomic E-state index is 11.5. The molecule has 1 aromatic heterocycles. The predicted octanol–water partition coefficient (Wildman–Crippen LogP) is 4.21. The molecule has 0 saturated heterocycles. The molecule has 0 saturated carbocycles. The van der Waals surface area contributed by atoms with Gasteiger partial charge >= 0.3 is 0 Å². The van der Waals surface area contributed by atoms with Crippen LogP contribution in [0.25, 0.3) is 0 Å². The summed E-state index contributed by atoms with van der Waals surface area (Å²) in [5.41, 5.74) is 0. The van der Waals surface area contributed by atoms with Crippen LogP contribution in [0.4, 0.5) is 0 Å². The molecule has 0 spiro atoms. The molecule has 0 aliphatic carbocycles. The van der Waals surface area contributed by atoms with E-state index >= 15 is 0 Å². The van der Waals surface area contributed by atoms with Crippen LogP contribution in [-0.2, 0) is 0 Å². The average Bonchev–Trinajstić information content (AvgIpc) is 2.76. The summed E-state index contributed by atoms with van der Waals surface area (Å²) in [5.74, 6) is 0.638. The van der Waals surface area contributed by atoms with Gasteiger partial charge in [0.1, 0.15) is 0 Å². The van der Waals surface area contributed by atoms with Gasteiger partial charge in [-0.1, -0.05) is 39.0 Å². The predicted molar refractivity (Wildman–Crippen MR) is 61.0 cm³/mol. The number of unbranched alkanes of at least 4 members (excludes halogenated alkanes) is 5. The minimum Gasteiger partial charge on any atom is -0.461 e. The zero-order chi connectivity index (χ0) is 10.9. The number of Topliss-reactive ketones (excluding diaryl/α,β-unsaturated/α-hetero) is 1. The molecular formula is C13H20O2. The normalized spacial score (nSPS) is 10.5. The van der Waals surface area contributed by atoms with Gasteiger partial charge in [-0.2, -0.15) is 0 Å². The number of carbonyl (C=O) groups excluding carboxylic acids is 1. The van der Waals surface area contributed by atoms with E-state index < -0.39 is 0 Å². The number of ketones is 1. The highest BCUT2D eigenvalue weighted by atomic mass is 16.3. The molecule has 1 heterocycles. The third kappa shape index (κ3) is 4.82. The van der Waals surface area contributed by atoms with Gasteiger partial charge in [0.05, 0.1) is 6.26 Å². The van der Waals surface area contributed by atoms with Crippen LogP contribution in [0.3, 0.4) is 0 Å². The van der Waals surface area contributed by atoms with Gasteiger partial charge in [-0.05, 0) is 18.6 Å². The smallest absolute Gasteiger partial charge is 0.197 e. The van der Waals surface area contributed by atoms with E-state index in [0.717, 1.165) is 12.8 Å². The van der Waals surface area contributed by atoms with Crippen molar-refractivity contribution in [1.82, 2.24) is 0 Å². The van der Waals surface area contributed by atoms with Crippen LogP contribution in [0.1, 0.15) is 62.4 Å². The van der Waals surface area contributed by atoms with Crippen LogP contribution in [0.2, 0.25) is 0 Å². The van der Waals surface area contributed by atoms with Crippen molar-refractivity contribution in [2.75, 3.05) is 0 Å². The Morgan fingerprint density at radius 3 is 2.60 bits per heavy atom. The van der Waals surface area contributed by atoms with Crippen LogP contribution in [-0.4, -0.2) is 5.78 Å². The highest BCUT2D eigenvalue weighted by Gasteiger charge is 2.07. The molecule has 0 bridgehead atoms. The molecule has 0 aliphatic heterocycles. The van der Waals surface area contributed by atoms with E-state index in [1.54, 1.807) is 18.4 Å². The second-order valence-corrected chi connectivity index (χ2v) is 3.92. The Morgan fingerprint density at radius 2 is 1.93 bits per heavy atom. The molecule has 84 valence electrons. The van der Waals surface area contributed by atoms with Crippen molar-refractivity contribution in [2.45, 2.75) is 51.9 Å². The second kappa shape index (κ2) is 7.27. The van der Waals surface area contributed by atoms with Crippen LogP contribution in [0.15, 0.2) is 22.8 Å². The first-order valence-electron chi connectivity index (χ1n) is 5.91. The van der Waals surface area contributed by atoms with Crippen LogP contribution in [0.5, 0.6) is 0 Å². The average molecular weight is 208 g/mol. The minimum absolute atomic E-state index is 0.135. The molecule has 2 nitrogen and oxygen atoms in total. The van der Waals surface area contributed by atoms with E-state index in [9.17, 15) is 4.79 Å². The molecule has 1 rings (SSSR count). The lowest BCUT2D eigenvalue weighted by molar-refractivity contribution is 0.0952. The van der Waals surface area contributed by atoms with Gasteiger partial charge in [0, 0.05) is 6.42 Å². The lowest BCUT2D eigenvalue weighted by Gasteiger charge is -1.99. The van der Waals surface area contributed by atoms with Gasteiger partial charge in [0.2, 0.25) is 0 Å². The molecular weight excluding hydrogens is 188 g/mol. The van der Waals surface area contributed by atoms with Crippen molar-refractivity contribution in [3.63, 3.8) is 0 Å². The zero-order valence-electron chi connectivity index (χ0n) is 9.50. The maximum Gasteiger partial charge on any atom is 0.197 e. The number of rotatable bonds is 8. The molecule has 0 radical (unpaired) electrons. The zero-order valence-corrected chi connectivity index (χ0v) is 9.50. The molecule has 2 heteroatoms. The van der Waals surface area contributed by atoms with Crippen molar-refractivity contribution in [3.8, 4) is 0 Å². The van der Waals surface area contributed by atoms with Gasteiger partial charge in [-0.15, -0.1) is 0 Å². The first-order valence-corrected chi connectivity index (χ1v) is 5.91. The fraction of sp³-hybridized carbons (Fsp3) is 0.615. The third-order valence-electron chi connectivity index (χ3n) is 2.55. The van der Waals surface area contributed by atoms with E-state index in [0.29, 0.717) is 12.2 Å². The van der Waals surface area contributed by atoms with Gasteiger partial charge in [0.15, 0.2) is 11.5 Å². The summed E-state index contributed by atoms with van der Waals surface area (Å²) >= 11 is 0. The highest BCUT2D eigenvalue weighted by Crippen LogP contribution is 2.10. The van der Waals surface area contributed by atoms with Crippen LogP contribution < -0.4 is 0 Å². The summed E-state index contributed by atoms with van der Waals surface area (Å²) in [6.07, 6.45) is 9.45. The summed E-state index contributed by atoms with van der Waals surface area (Å²) in [6.45, 7) is 2.21. The summed E-state index contributed by atoms with van der Waals surface area (Å²) < 4.78 is 5.04. The van der Waals surface area contributed by atoms with Gasteiger partial charge in [0.25, 0.3) is 0 Å². The van der Waals surface area contributed by atoms with E-state index in [1.807, 2.05) is 0 Å². The molecule has 0 unspecified atom stereocenters. The van der Waals surface area contributed by atoms with Crippen molar-refractivity contribution in [1.29, 1.82) is 0 Å². The fourth-order valence-electron chi connectivity index (χ4n) is 1.63. The van der Waals surface area contributed by atoms with Crippen molar-refractivity contribution >= 4 is 5.78 Å². The van der Waals surface area contributed by atoms with Crippen molar-refractivity contribution in [3.05, 3.63) is 24.2 Å². The molecule has 0 fully saturated rings. The largest absolute Gasteiger partial charge is 0.461 e. The Labute approximate surface area is 91.7 Å². The third-order valence-corrected chi connectivity index (χ3v) is 2.55. The Bertz CT molecular complexity index is 262.